The molecule has 1 aromatic heterocycles. The fraction of sp³-hybridized carbons (Fsp3) is 0.136. The predicted octanol–water partition coefficient (Wildman–Crippen LogP) is 5.16. The van der Waals surface area contributed by atoms with Gasteiger partial charge in [0.05, 0.1) is 5.25 Å². The SMILES string of the molecule is C[C@H](Sc1nnc(Cc2cccc3ccccc23)n1N)C(=O)Nc1cc(Cl)cc(Cl)c1. The summed E-state index contributed by atoms with van der Waals surface area (Å²) in [5.74, 6) is 6.64. The lowest BCUT2D eigenvalue weighted by Gasteiger charge is -2.12. The van der Waals surface area contributed by atoms with Crippen molar-refractivity contribution in [1.29, 1.82) is 0 Å². The van der Waals surface area contributed by atoms with E-state index in [4.69, 9.17) is 29.0 Å². The van der Waals surface area contributed by atoms with Crippen molar-refractivity contribution in [2.45, 2.75) is 23.8 Å². The van der Waals surface area contributed by atoms with E-state index >= 15 is 0 Å². The number of benzene rings is 3. The van der Waals surface area contributed by atoms with Crippen LogP contribution in [-0.4, -0.2) is 26.0 Å². The van der Waals surface area contributed by atoms with E-state index in [1.807, 2.05) is 18.2 Å². The van der Waals surface area contributed by atoms with E-state index in [1.165, 1.54) is 16.4 Å². The Bertz CT molecular complexity index is 1230. The van der Waals surface area contributed by atoms with E-state index in [0.717, 1.165) is 16.3 Å². The fourth-order valence-electron chi connectivity index (χ4n) is 3.21. The molecule has 158 valence electrons. The smallest absolute Gasteiger partial charge is 0.237 e. The molecule has 0 unspecified atom stereocenters. The van der Waals surface area contributed by atoms with E-state index in [9.17, 15) is 4.79 Å². The van der Waals surface area contributed by atoms with Crippen molar-refractivity contribution < 1.29 is 4.79 Å². The quantitative estimate of drug-likeness (QED) is 0.299. The summed E-state index contributed by atoms with van der Waals surface area (Å²) in [5.41, 5.74) is 1.64. The fourth-order valence-corrected chi connectivity index (χ4v) is 4.52. The zero-order valence-corrected chi connectivity index (χ0v) is 18.9. The number of anilines is 1. The minimum atomic E-state index is -0.463. The van der Waals surface area contributed by atoms with Crippen LogP contribution in [0.2, 0.25) is 10.0 Å². The van der Waals surface area contributed by atoms with E-state index < -0.39 is 5.25 Å². The van der Waals surface area contributed by atoms with Gasteiger partial charge in [-0.15, -0.1) is 10.2 Å². The maximum Gasteiger partial charge on any atom is 0.237 e. The third-order valence-corrected chi connectivity index (χ3v) is 6.24. The minimum Gasteiger partial charge on any atom is -0.336 e. The number of aromatic nitrogens is 3. The summed E-state index contributed by atoms with van der Waals surface area (Å²) in [4.78, 5) is 12.6. The molecule has 0 spiro atoms. The summed E-state index contributed by atoms with van der Waals surface area (Å²) in [6.07, 6.45) is 0.535. The highest BCUT2D eigenvalue weighted by Crippen LogP contribution is 2.26. The van der Waals surface area contributed by atoms with E-state index in [2.05, 4.69) is 39.8 Å². The van der Waals surface area contributed by atoms with Gasteiger partial charge < -0.3 is 11.2 Å². The molecule has 6 nitrogen and oxygen atoms in total. The number of hydrogen-bond acceptors (Lipinski definition) is 5. The Kier molecular flexibility index (Phi) is 6.36. The number of carbonyl (C=O) groups excluding carboxylic acids is 1. The molecular weight excluding hydrogens is 453 g/mol. The summed E-state index contributed by atoms with van der Waals surface area (Å²) in [6.45, 7) is 1.77. The van der Waals surface area contributed by atoms with Crippen molar-refractivity contribution in [3.8, 4) is 0 Å². The molecule has 1 atom stereocenters. The van der Waals surface area contributed by atoms with Crippen LogP contribution >= 0.6 is 35.0 Å². The number of amides is 1. The van der Waals surface area contributed by atoms with E-state index in [-0.39, 0.29) is 5.91 Å². The standard InChI is InChI=1S/C22H19Cl2N5OS/c1-13(21(30)26-18-11-16(23)10-17(24)12-18)31-22-28-27-20(29(22)25)9-15-7-4-6-14-5-2-3-8-19(14)15/h2-8,10-13H,9,25H2,1H3,(H,26,30)/t13-/m0/s1. The number of nitrogens with zero attached hydrogens (tertiary/aromatic N) is 3. The molecule has 0 saturated heterocycles. The van der Waals surface area contributed by atoms with Gasteiger partial charge >= 0.3 is 0 Å². The van der Waals surface area contributed by atoms with Gasteiger partial charge in [-0.3, -0.25) is 4.79 Å². The van der Waals surface area contributed by atoms with Gasteiger partial charge in [-0.2, -0.15) is 0 Å². The molecule has 0 saturated carbocycles. The van der Waals surface area contributed by atoms with Gasteiger partial charge in [-0.1, -0.05) is 77.4 Å². The second-order valence-electron chi connectivity index (χ2n) is 6.99. The monoisotopic (exact) mass is 471 g/mol. The molecule has 1 amide bonds. The molecule has 4 rings (SSSR count). The second-order valence-corrected chi connectivity index (χ2v) is 9.17. The largest absolute Gasteiger partial charge is 0.336 e. The van der Waals surface area contributed by atoms with Gasteiger partial charge in [0.1, 0.15) is 0 Å². The first-order valence-electron chi connectivity index (χ1n) is 9.50. The van der Waals surface area contributed by atoms with Crippen LogP contribution in [0.15, 0.2) is 65.8 Å². The Morgan fingerprint density at radius 3 is 2.58 bits per heavy atom. The van der Waals surface area contributed by atoms with Gasteiger partial charge in [0.2, 0.25) is 11.1 Å². The van der Waals surface area contributed by atoms with Crippen LogP contribution in [0, 0.1) is 0 Å². The lowest BCUT2D eigenvalue weighted by molar-refractivity contribution is -0.115. The number of rotatable bonds is 6. The number of fused-ring (bicyclic) bond motifs is 1. The maximum absolute atomic E-state index is 12.6. The molecule has 0 aliphatic rings. The molecule has 0 aliphatic carbocycles. The molecule has 0 bridgehead atoms. The van der Waals surface area contributed by atoms with Crippen LogP contribution < -0.4 is 11.2 Å². The molecule has 0 fully saturated rings. The van der Waals surface area contributed by atoms with Crippen molar-refractivity contribution in [1.82, 2.24) is 14.9 Å². The first-order chi connectivity index (χ1) is 14.9. The summed E-state index contributed by atoms with van der Waals surface area (Å²) in [5, 5.41) is 14.4. The van der Waals surface area contributed by atoms with Crippen LogP contribution in [0.1, 0.15) is 18.3 Å². The van der Waals surface area contributed by atoms with Crippen molar-refractivity contribution in [3.05, 3.63) is 82.1 Å². The molecule has 3 N–H and O–H groups in total. The van der Waals surface area contributed by atoms with Crippen LogP contribution in [0.3, 0.4) is 0 Å². The van der Waals surface area contributed by atoms with Crippen LogP contribution in [-0.2, 0) is 11.2 Å². The van der Waals surface area contributed by atoms with Crippen LogP contribution in [0.5, 0.6) is 0 Å². The number of carbonyl (C=O) groups is 1. The number of nitrogen functional groups attached to an aromatic ring is 1. The van der Waals surface area contributed by atoms with Crippen molar-refractivity contribution >= 4 is 57.3 Å². The normalized spacial score (nSPS) is 12.1. The Balaban J connectivity index is 1.47. The Morgan fingerprint density at radius 1 is 1.10 bits per heavy atom. The summed E-state index contributed by atoms with van der Waals surface area (Å²) < 4.78 is 1.44. The Hall–Kier alpha value is -2.74. The third kappa shape index (κ3) is 4.95. The molecule has 0 radical (unpaired) electrons. The lowest BCUT2D eigenvalue weighted by Crippen LogP contribution is -2.24. The number of halogens is 2. The third-order valence-electron chi connectivity index (χ3n) is 4.75. The molecule has 4 aromatic rings. The number of hydrogen-bond donors (Lipinski definition) is 2. The molecular formula is C22H19Cl2N5OS. The highest BCUT2D eigenvalue weighted by Gasteiger charge is 2.20. The van der Waals surface area contributed by atoms with Crippen molar-refractivity contribution in [2.24, 2.45) is 0 Å². The predicted molar refractivity (Wildman–Crippen MR) is 127 cm³/mol. The number of nitrogens with one attached hydrogen (secondary N) is 1. The Labute approximate surface area is 193 Å². The molecule has 3 aromatic carbocycles. The molecule has 0 aliphatic heterocycles. The lowest BCUT2D eigenvalue weighted by atomic mass is 10.0. The topological polar surface area (TPSA) is 85.8 Å². The average Bonchev–Trinajstić information content (AvgIpc) is 3.07. The number of nitrogens with two attached hydrogens (primary N) is 1. The van der Waals surface area contributed by atoms with Crippen molar-refractivity contribution in [3.63, 3.8) is 0 Å². The van der Waals surface area contributed by atoms with Crippen LogP contribution in [0.25, 0.3) is 10.8 Å². The maximum atomic E-state index is 12.6. The molecule has 31 heavy (non-hydrogen) atoms. The Morgan fingerprint density at radius 2 is 1.81 bits per heavy atom. The van der Waals surface area contributed by atoms with Gasteiger partial charge in [0.25, 0.3) is 0 Å². The zero-order chi connectivity index (χ0) is 22.0. The van der Waals surface area contributed by atoms with Gasteiger partial charge in [0.15, 0.2) is 5.82 Å². The van der Waals surface area contributed by atoms with Crippen molar-refractivity contribution in [2.75, 3.05) is 11.2 Å². The molecule has 1 heterocycles. The highest BCUT2D eigenvalue weighted by molar-refractivity contribution is 8.00. The average molecular weight is 472 g/mol. The summed E-state index contributed by atoms with van der Waals surface area (Å²) >= 11 is 13.2. The summed E-state index contributed by atoms with van der Waals surface area (Å²) in [6, 6.07) is 19.2. The van der Waals surface area contributed by atoms with Gasteiger partial charge in [-0.25, -0.2) is 4.68 Å². The second kappa shape index (κ2) is 9.18. The van der Waals surface area contributed by atoms with Crippen LogP contribution in [0.4, 0.5) is 5.69 Å². The number of thioether (sulfide) groups is 1. The summed E-state index contributed by atoms with van der Waals surface area (Å²) in [7, 11) is 0. The zero-order valence-electron chi connectivity index (χ0n) is 16.5. The molecule has 9 heteroatoms. The van der Waals surface area contributed by atoms with Gasteiger partial charge in [0, 0.05) is 22.2 Å². The van der Waals surface area contributed by atoms with E-state index in [1.54, 1.807) is 25.1 Å². The highest BCUT2D eigenvalue weighted by atomic mass is 35.5. The van der Waals surface area contributed by atoms with E-state index in [0.29, 0.717) is 33.1 Å². The minimum absolute atomic E-state index is 0.220. The van der Waals surface area contributed by atoms with Gasteiger partial charge in [-0.05, 0) is 41.5 Å². The first-order valence-corrected chi connectivity index (χ1v) is 11.1. The first kappa shape index (κ1) is 21.5.